The van der Waals surface area contributed by atoms with Crippen LogP contribution < -0.4 is 10.1 Å². The third kappa shape index (κ3) is 5.75. The summed E-state index contributed by atoms with van der Waals surface area (Å²) < 4.78 is 40.9. The van der Waals surface area contributed by atoms with Crippen molar-refractivity contribution < 1.29 is 27.8 Å². The molecule has 110 valence electrons. The maximum atomic E-state index is 11.9. The van der Waals surface area contributed by atoms with Gasteiger partial charge in [0.25, 0.3) is 0 Å². The molecule has 1 aromatic carbocycles. The summed E-state index contributed by atoms with van der Waals surface area (Å²) in [5, 5.41) is 10.3. The van der Waals surface area contributed by atoms with Crippen molar-refractivity contribution in [3.63, 3.8) is 0 Å². The molecule has 0 atom stereocenters. The average molecular weight is 289 g/mol. The summed E-state index contributed by atoms with van der Waals surface area (Å²) in [6, 6.07) is 6.80. The monoisotopic (exact) mass is 289 g/mol. The summed E-state index contributed by atoms with van der Waals surface area (Å²) in [7, 11) is 0. The molecule has 0 aromatic heterocycles. The summed E-state index contributed by atoms with van der Waals surface area (Å²) in [6.45, 7) is -0.404. The van der Waals surface area contributed by atoms with E-state index in [1.54, 1.807) is 41.7 Å². The van der Waals surface area contributed by atoms with E-state index in [1.165, 1.54) is 0 Å². The smallest absolute Gasteiger partial charge is 0.471 e. The minimum absolute atomic E-state index is 0.0744. The Hall–Kier alpha value is -2.02. The third-order valence-electron chi connectivity index (χ3n) is 2.19. The van der Waals surface area contributed by atoms with Gasteiger partial charge < -0.3 is 15.2 Å². The Morgan fingerprint density at radius 2 is 2.15 bits per heavy atom. The lowest BCUT2D eigenvalue weighted by atomic mass is 10.2. The van der Waals surface area contributed by atoms with E-state index in [-0.39, 0.29) is 19.8 Å². The highest BCUT2D eigenvalue weighted by Gasteiger charge is 2.38. The van der Waals surface area contributed by atoms with Crippen molar-refractivity contribution in [1.82, 2.24) is 5.32 Å². The van der Waals surface area contributed by atoms with Crippen molar-refractivity contribution in [3.8, 4) is 5.75 Å². The van der Waals surface area contributed by atoms with Gasteiger partial charge in [0, 0.05) is 0 Å². The molecule has 1 aromatic rings. The van der Waals surface area contributed by atoms with Gasteiger partial charge in [-0.15, -0.1) is 0 Å². The summed E-state index contributed by atoms with van der Waals surface area (Å²) >= 11 is 0. The lowest BCUT2D eigenvalue weighted by molar-refractivity contribution is -0.173. The molecule has 0 unspecified atom stereocenters. The number of benzene rings is 1. The Morgan fingerprint density at radius 1 is 1.40 bits per heavy atom. The molecule has 0 aliphatic heterocycles. The molecule has 0 aliphatic rings. The summed E-state index contributed by atoms with van der Waals surface area (Å²) in [5.41, 5.74) is 0.788. The van der Waals surface area contributed by atoms with Crippen LogP contribution in [0.15, 0.2) is 30.3 Å². The Morgan fingerprint density at radius 3 is 2.80 bits per heavy atom. The number of carbonyl (C=O) groups excluding carboxylic acids is 1. The van der Waals surface area contributed by atoms with Crippen LogP contribution in [0.25, 0.3) is 6.08 Å². The zero-order valence-corrected chi connectivity index (χ0v) is 10.5. The fourth-order valence-electron chi connectivity index (χ4n) is 1.33. The molecule has 0 spiro atoms. The van der Waals surface area contributed by atoms with Crippen molar-refractivity contribution >= 4 is 12.0 Å². The second-order valence-electron chi connectivity index (χ2n) is 3.76. The lowest BCUT2D eigenvalue weighted by Crippen LogP contribution is -2.38. The molecule has 0 saturated heterocycles. The maximum absolute atomic E-state index is 11.9. The Bertz CT molecular complexity index is 472. The van der Waals surface area contributed by atoms with Crippen molar-refractivity contribution in [3.05, 3.63) is 35.9 Å². The largest absolute Gasteiger partial charge is 0.492 e. The molecule has 0 radical (unpaired) electrons. The van der Waals surface area contributed by atoms with Gasteiger partial charge in [-0.1, -0.05) is 24.3 Å². The van der Waals surface area contributed by atoms with Crippen LogP contribution in [-0.4, -0.2) is 36.9 Å². The topological polar surface area (TPSA) is 58.6 Å². The summed E-state index contributed by atoms with van der Waals surface area (Å²) in [4.78, 5) is 10.5. The van der Waals surface area contributed by atoms with Crippen LogP contribution in [0.4, 0.5) is 13.2 Å². The predicted octanol–water partition coefficient (Wildman–Crippen LogP) is 1.75. The zero-order valence-electron chi connectivity index (χ0n) is 10.5. The molecule has 20 heavy (non-hydrogen) atoms. The first-order chi connectivity index (χ1) is 9.43. The van der Waals surface area contributed by atoms with Gasteiger partial charge in [-0.3, -0.25) is 4.79 Å². The molecule has 0 fully saturated rings. The van der Waals surface area contributed by atoms with Gasteiger partial charge >= 0.3 is 12.1 Å². The summed E-state index contributed by atoms with van der Waals surface area (Å²) in [5.74, 6) is -1.52. The quantitative estimate of drug-likeness (QED) is 0.784. The highest BCUT2D eigenvalue weighted by molar-refractivity contribution is 5.81. The van der Waals surface area contributed by atoms with E-state index in [9.17, 15) is 18.0 Å². The number of hydrogen-bond donors (Lipinski definition) is 2. The van der Waals surface area contributed by atoms with Crippen LogP contribution in [0.5, 0.6) is 5.75 Å². The SMILES string of the molecule is O=C(NCCOc1cccc(C=CCO)c1)C(F)(F)F. The fraction of sp³-hybridized carbons (Fsp3) is 0.308. The molecular weight excluding hydrogens is 275 g/mol. The first-order valence-electron chi connectivity index (χ1n) is 5.79. The molecular formula is C13H14F3NO3. The number of rotatable bonds is 6. The fourth-order valence-corrected chi connectivity index (χ4v) is 1.33. The van der Waals surface area contributed by atoms with Crippen molar-refractivity contribution in [1.29, 1.82) is 0 Å². The molecule has 0 heterocycles. The van der Waals surface area contributed by atoms with Crippen molar-refractivity contribution in [2.45, 2.75) is 6.18 Å². The van der Waals surface area contributed by atoms with Gasteiger partial charge in [0.2, 0.25) is 0 Å². The van der Waals surface area contributed by atoms with Gasteiger partial charge in [0.15, 0.2) is 0 Å². The lowest BCUT2D eigenvalue weighted by Gasteiger charge is -2.09. The van der Waals surface area contributed by atoms with E-state index in [4.69, 9.17) is 9.84 Å². The molecule has 0 bridgehead atoms. The maximum Gasteiger partial charge on any atom is 0.471 e. The standard InChI is InChI=1S/C13H14F3NO3/c14-13(15,16)12(19)17-6-8-20-11-5-1-3-10(9-11)4-2-7-18/h1-5,9,18H,6-8H2,(H,17,19). The molecule has 7 heteroatoms. The molecule has 0 saturated carbocycles. The number of aliphatic hydroxyl groups excluding tert-OH is 1. The number of hydrogen-bond acceptors (Lipinski definition) is 3. The minimum Gasteiger partial charge on any atom is -0.492 e. The molecule has 1 rings (SSSR count). The number of carbonyl (C=O) groups is 1. The van der Waals surface area contributed by atoms with Gasteiger partial charge in [-0.2, -0.15) is 13.2 Å². The molecule has 2 N–H and O–H groups in total. The third-order valence-corrected chi connectivity index (χ3v) is 2.19. The van der Waals surface area contributed by atoms with Gasteiger partial charge in [-0.25, -0.2) is 0 Å². The van der Waals surface area contributed by atoms with Crippen LogP contribution >= 0.6 is 0 Å². The van der Waals surface area contributed by atoms with Crippen LogP contribution in [0.2, 0.25) is 0 Å². The van der Waals surface area contributed by atoms with Crippen LogP contribution in [0.1, 0.15) is 5.56 Å². The average Bonchev–Trinajstić information content (AvgIpc) is 2.40. The van der Waals surface area contributed by atoms with Crippen molar-refractivity contribution in [2.24, 2.45) is 0 Å². The number of alkyl halides is 3. The first kappa shape index (κ1) is 16.0. The second-order valence-corrected chi connectivity index (χ2v) is 3.76. The summed E-state index contributed by atoms with van der Waals surface area (Å²) in [6.07, 6.45) is -1.66. The minimum atomic E-state index is -4.88. The van der Waals surface area contributed by atoms with E-state index in [2.05, 4.69) is 0 Å². The van der Waals surface area contributed by atoms with Crippen LogP contribution in [0, 0.1) is 0 Å². The normalized spacial score (nSPS) is 11.6. The number of aliphatic hydroxyl groups is 1. The Labute approximate surface area is 113 Å². The number of nitrogens with one attached hydrogen (secondary N) is 1. The molecule has 4 nitrogen and oxygen atoms in total. The Kier molecular flexibility index (Phi) is 6.05. The van der Waals surface area contributed by atoms with E-state index in [0.29, 0.717) is 5.75 Å². The number of halogens is 3. The van der Waals surface area contributed by atoms with Crippen LogP contribution in [-0.2, 0) is 4.79 Å². The van der Waals surface area contributed by atoms with Gasteiger partial charge in [0.1, 0.15) is 12.4 Å². The second kappa shape index (κ2) is 7.54. The molecule has 1 amide bonds. The van der Waals surface area contributed by atoms with Crippen molar-refractivity contribution in [2.75, 3.05) is 19.8 Å². The van der Waals surface area contributed by atoms with Crippen LogP contribution in [0.3, 0.4) is 0 Å². The Balaban J connectivity index is 2.39. The van der Waals surface area contributed by atoms with E-state index < -0.39 is 12.1 Å². The predicted molar refractivity (Wildman–Crippen MR) is 67.1 cm³/mol. The van der Waals surface area contributed by atoms with Gasteiger partial charge in [0.05, 0.1) is 13.2 Å². The van der Waals surface area contributed by atoms with E-state index in [1.807, 2.05) is 0 Å². The van der Waals surface area contributed by atoms with Gasteiger partial charge in [-0.05, 0) is 17.7 Å². The van der Waals surface area contributed by atoms with E-state index in [0.717, 1.165) is 5.56 Å². The first-order valence-corrected chi connectivity index (χ1v) is 5.79. The van der Waals surface area contributed by atoms with E-state index >= 15 is 0 Å². The highest BCUT2D eigenvalue weighted by atomic mass is 19.4. The zero-order chi connectivity index (χ0) is 15.0. The molecule has 0 aliphatic carbocycles. The highest BCUT2D eigenvalue weighted by Crippen LogP contribution is 2.15. The number of amides is 1. The number of ether oxygens (including phenoxy) is 1.